The Balaban J connectivity index is 2.14. The molecule has 1 heterocycles. The van der Waals surface area contributed by atoms with Crippen LogP contribution in [-0.4, -0.2) is 46.7 Å². The summed E-state index contributed by atoms with van der Waals surface area (Å²) in [5.74, 6) is -1.88. The highest BCUT2D eigenvalue weighted by Crippen LogP contribution is 2.32. The number of nitrogens with one attached hydrogen (secondary N) is 1. The minimum Gasteiger partial charge on any atom is -0.373 e. The van der Waals surface area contributed by atoms with Crippen LogP contribution in [0.3, 0.4) is 0 Å². The summed E-state index contributed by atoms with van der Waals surface area (Å²) in [4.78, 5) is 25.7. The van der Waals surface area contributed by atoms with Crippen LogP contribution in [0.25, 0.3) is 0 Å². The Hall–Kier alpha value is -1.80. The highest BCUT2D eigenvalue weighted by atomic mass is 35.5. The molecule has 1 saturated heterocycles. The first kappa shape index (κ1) is 19.5. The minimum atomic E-state index is -5.13. The number of rotatable bonds is 3. The van der Waals surface area contributed by atoms with Crippen molar-refractivity contribution in [3.8, 4) is 0 Å². The molecule has 9 heteroatoms. The molecule has 1 fully saturated rings. The fourth-order valence-corrected chi connectivity index (χ4v) is 2.63. The average molecular weight is 379 g/mol. The van der Waals surface area contributed by atoms with E-state index in [1.165, 1.54) is 18.2 Å². The number of hydrogen-bond donors (Lipinski definition) is 2. The molecule has 0 unspecified atom stereocenters. The van der Waals surface area contributed by atoms with Gasteiger partial charge in [0, 0.05) is 18.7 Å². The lowest BCUT2D eigenvalue weighted by Crippen LogP contribution is -2.52. The Morgan fingerprint density at radius 3 is 2.32 bits per heavy atom. The molecular formula is C16H18ClF3N2O3. The van der Waals surface area contributed by atoms with Gasteiger partial charge >= 0.3 is 6.18 Å². The second-order valence-corrected chi connectivity index (χ2v) is 6.48. The molecule has 1 aromatic carbocycles. The fourth-order valence-electron chi connectivity index (χ4n) is 2.40. The molecule has 2 amide bonds. The topological polar surface area (TPSA) is 69.6 Å². The average Bonchev–Trinajstić information content (AvgIpc) is 2.55. The molecule has 0 spiro atoms. The van der Waals surface area contributed by atoms with Crippen LogP contribution in [0.5, 0.6) is 0 Å². The minimum absolute atomic E-state index is 0.0887. The van der Waals surface area contributed by atoms with Gasteiger partial charge in [-0.05, 0) is 44.4 Å². The van der Waals surface area contributed by atoms with Gasteiger partial charge < -0.3 is 15.3 Å². The van der Waals surface area contributed by atoms with E-state index in [1.807, 2.05) is 5.32 Å². The molecule has 5 nitrogen and oxygen atoms in total. The standard InChI is InChI=1S/C16H18ClF3N2O3/c1-15(25,16(18,19)20)14(24)21-12-6-5-10(9-11(12)17)13(23)22-7-3-2-4-8-22/h5-6,9,25H,2-4,7-8H2,1H3,(H,21,24)/t15-/m1/s1. The van der Waals surface area contributed by atoms with Gasteiger partial charge in [0.25, 0.3) is 11.8 Å². The molecule has 1 aliphatic rings. The van der Waals surface area contributed by atoms with Crippen LogP contribution in [0.4, 0.5) is 18.9 Å². The first-order valence-electron chi connectivity index (χ1n) is 7.73. The van der Waals surface area contributed by atoms with Crippen molar-refractivity contribution in [2.24, 2.45) is 0 Å². The number of halogens is 4. The van der Waals surface area contributed by atoms with E-state index in [2.05, 4.69) is 0 Å². The number of alkyl halides is 3. The second kappa shape index (κ2) is 7.21. The van der Waals surface area contributed by atoms with Gasteiger partial charge in [0.15, 0.2) is 0 Å². The maximum atomic E-state index is 12.7. The Kier molecular flexibility index (Phi) is 5.63. The van der Waals surface area contributed by atoms with Crippen molar-refractivity contribution < 1.29 is 27.9 Å². The first-order chi connectivity index (χ1) is 11.5. The molecule has 2 rings (SSSR count). The van der Waals surface area contributed by atoms with Crippen molar-refractivity contribution >= 4 is 29.1 Å². The van der Waals surface area contributed by atoms with Gasteiger partial charge in [-0.1, -0.05) is 11.6 Å². The van der Waals surface area contributed by atoms with E-state index in [0.29, 0.717) is 20.0 Å². The largest absolute Gasteiger partial charge is 0.426 e. The Morgan fingerprint density at radius 2 is 1.80 bits per heavy atom. The summed E-state index contributed by atoms with van der Waals surface area (Å²) < 4.78 is 38.0. The number of likely N-dealkylation sites (tertiary alicyclic amines) is 1. The monoisotopic (exact) mass is 378 g/mol. The van der Waals surface area contributed by atoms with E-state index in [9.17, 15) is 27.9 Å². The molecule has 0 aliphatic carbocycles. The van der Waals surface area contributed by atoms with Gasteiger partial charge in [0.2, 0.25) is 5.60 Å². The van der Waals surface area contributed by atoms with Gasteiger partial charge in [-0.25, -0.2) is 0 Å². The highest BCUT2D eigenvalue weighted by molar-refractivity contribution is 6.34. The maximum Gasteiger partial charge on any atom is 0.426 e. The number of aliphatic hydroxyl groups is 1. The van der Waals surface area contributed by atoms with Crippen LogP contribution in [0.15, 0.2) is 18.2 Å². The first-order valence-corrected chi connectivity index (χ1v) is 8.11. The molecule has 25 heavy (non-hydrogen) atoms. The zero-order valence-electron chi connectivity index (χ0n) is 13.5. The number of benzene rings is 1. The summed E-state index contributed by atoms with van der Waals surface area (Å²) in [6, 6.07) is 3.90. The van der Waals surface area contributed by atoms with E-state index in [1.54, 1.807) is 4.90 Å². The van der Waals surface area contributed by atoms with Crippen LogP contribution in [0, 0.1) is 0 Å². The van der Waals surface area contributed by atoms with Crippen LogP contribution < -0.4 is 5.32 Å². The molecule has 0 radical (unpaired) electrons. The maximum absolute atomic E-state index is 12.7. The summed E-state index contributed by atoms with van der Waals surface area (Å²) in [6.45, 7) is 1.64. The number of hydrogen-bond acceptors (Lipinski definition) is 3. The van der Waals surface area contributed by atoms with Crippen molar-refractivity contribution in [1.29, 1.82) is 0 Å². The molecule has 0 aromatic heterocycles. The van der Waals surface area contributed by atoms with E-state index < -0.39 is 17.7 Å². The number of carbonyl (C=O) groups is 2. The van der Waals surface area contributed by atoms with Crippen LogP contribution in [-0.2, 0) is 4.79 Å². The number of nitrogens with zero attached hydrogens (tertiary/aromatic N) is 1. The lowest BCUT2D eigenvalue weighted by atomic mass is 10.1. The van der Waals surface area contributed by atoms with E-state index in [-0.39, 0.29) is 22.2 Å². The Morgan fingerprint density at radius 1 is 1.20 bits per heavy atom. The number of carbonyl (C=O) groups excluding carboxylic acids is 2. The molecule has 1 atom stereocenters. The third kappa shape index (κ3) is 4.24. The number of piperidine rings is 1. The van der Waals surface area contributed by atoms with Crippen LogP contribution in [0.1, 0.15) is 36.5 Å². The second-order valence-electron chi connectivity index (χ2n) is 6.07. The van der Waals surface area contributed by atoms with Crippen molar-refractivity contribution in [3.05, 3.63) is 28.8 Å². The highest BCUT2D eigenvalue weighted by Gasteiger charge is 2.55. The molecule has 0 saturated carbocycles. The summed E-state index contributed by atoms with van der Waals surface area (Å²) in [5.41, 5.74) is -3.39. The lowest BCUT2D eigenvalue weighted by Gasteiger charge is -2.27. The molecule has 1 aromatic rings. The van der Waals surface area contributed by atoms with Crippen molar-refractivity contribution in [2.75, 3.05) is 18.4 Å². The van der Waals surface area contributed by atoms with Gasteiger partial charge in [-0.3, -0.25) is 9.59 Å². The summed E-state index contributed by atoms with van der Waals surface area (Å²) >= 11 is 5.97. The Bertz CT molecular complexity index is 671. The third-order valence-electron chi connectivity index (χ3n) is 4.10. The quantitative estimate of drug-likeness (QED) is 0.848. The summed E-state index contributed by atoms with van der Waals surface area (Å²) in [6.07, 6.45) is -2.23. The molecule has 2 N–H and O–H groups in total. The van der Waals surface area contributed by atoms with Crippen molar-refractivity contribution in [1.82, 2.24) is 4.90 Å². The predicted octanol–water partition coefficient (Wildman–Crippen LogP) is 3.22. The summed E-state index contributed by atoms with van der Waals surface area (Å²) in [7, 11) is 0. The van der Waals surface area contributed by atoms with E-state index in [4.69, 9.17) is 11.6 Å². The molecule has 0 bridgehead atoms. The van der Waals surface area contributed by atoms with Crippen molar-refractivity contribution in [3.63, 3.8) is 0 Å². The normalized spacial score (nSPS) is 17.8. The lowest BCUT2D eigenvalue weighted by molar-refractivity contribution is -0.242. The van der Waals surface area contributed by atoms with Gasteiger partial charge in [-0.15, -0.1) is 0 Å². The molecule has 138 valence electrons. The SMILES string of the molecule is C[C@@](O)(C(=O)Nc1ccc(C(=O)N2CCCCC2)cc1Cl)C(F)(F)F. The van der Waals surface area contributed by atoms with Gasteiger partial charge in [0.1, 0.15) is 0 Å². The van der Waals surface area contributed by atoms with E-state index in [0.717, 1.165) is 19.3 Å². The van der Waals surface area contributed by atoms with E-state index >= 15 is 0 Å². The van der Waals surface area contributed by atoms with Crippen molar-refractivity contribution in [2.45, 2.75) is 38.0 Å². The summed E-state index contributed by atoms with van der Waals surface area (Å²) in [5, 5.41) is 11.2. The van der Waals surface area contributed by atoms with Crippen LogP contribution >= 0.6 is 11.6 Å². The molecule has 1 aliphatic heterocycles. The van der Waals surface area contributed by atoms with Crippen LogP contribution in [0.2, 0.25) is 5.02 Å². The molecular weight excluding hydrogens is 361 g/mol. The fraction of sp³-hybridized carbons (Fsp3) is 0.500. The third-order valence-corrected chi connectivity index (χ3v) is 4.41. The Labute approximate surface area is 147 Å². The predicted molar refractivity (Wildman–Crippen MR) is 86.5 cm³/mol. The zero-order valence-corrected chi connectivity index (χ0v) is 14.2. The number of amides is 2. The van der Waals surface area contributed by atoms with Gasteiger partial charge in [-0.2, -0.15) is 13.2 Å². The number of anilines is 1. The zero-order chi connectivity index (χ0) is 18.8. The smallest absolute Gasteiger partial charge is 0.373 e. The van der Waals surface area contributed by atoms with Gasteiger partial charge in [0.05, 0.1) is 10.7 Å².